The number of carbonyl (C=O) groups is 1. The molecule has 0 radical (unpaired) electrons. The molecule has 4 aliphatic rings. The number of hydrogen-bond acceptors (Lipinski definition) is 5. The van der Waals surface area contributed by atoms with Gasteiger partial charge in [0.25, 0.3) is 0 Å². The molecule has 4 bridgehead atoms. The Morgan fingerprint density at radius 3 is 2.15 bits per heavy atom. The summed E-state index contributed by atoms with van der Waals surface area (Å²) in [6, 6.07) is 0. The number of allylic oxidation sites excluding steroid dienone is 1. The summed E-state index contributed by atoms with van der Waals surface area (Å²) in [5.74, 6) is 1.77. The first kappa shape index (κ1) is 13.8. The SMILES string of the molecule is C/C(N)=C(\SC#N)C(=O)OC12CC3CC(CC(C3)C1)C2. The summed E-state index contributed by atoms with van der Waals surface area (Å²) in [5.41, 5.74) is 5.79. The number of nitrogens with zero attached hydrogens (tertiary/aromatic N) is 1. The van der Waals surface area contributed by atoms with Crippen LogP contribution in [0.3, 0.4) is 0 Å². The number of thioether (sulfide) groups is 1. The summed E-state index contributed by atoms with van der Waals surface area (Å²) in [4.78, 5) is 12.6. The van der Waals surface area contributed by atoms with Gasteiger partial charge in [-0.25, -0.2) is 4.79 Å². The third kappa shape index (κ3) is 2.42. The van der Waals surface area contributed by atoms with Crippen LogP contribution in [0, 0.1) is 28.4 Å². The maximum atomic E-state index is 12.3. The van der Waals surface area contributed by atoms with Gasteiger partial charge < -0.3 is 10.5 Å². The Kier molecular flexibility index (Phi) is 3.45. The summed E-state index contributed by atoms with van der Waals surface area (Å²) in [7, 11) is 0. The van der Waals surface area contributed by atoms with Gasteiger partial charge in [-0.15, -0.1) is 0 Å². The molecule has 108 valence electrons. The number of rotatable bonds is 3. The summed E-state index contributed by atoms with van der Waals surface area (Å²) in [6.07, 6.45) is 6.92. The minimum absolute atomic E-state index is 0.253. The van der Waals surface area contributed by atoms with Gasteiger partial charge in [-0.2, -0.15) is 5.26 Å². The van der Waals surface area contributed by atoms with Gasteiger partial charge >= 0.3 is 5.97 Å². The molecule has 0 spiro atoms. The largest absolute Gasteiger partial charge is 0.455 e. The number of esters is 1. The molecule has 4 rings (SSSR count). The van der Waals surface area contributed by atoms with Crippen LogP contribution in [0.15, 0.2) is 10.6 Å². The second kappa shape index (κ2) is 5.00. The minimum atomic E-state index is -0.404. The molecule has 20 heavy (non-hydrogen) atoms. The average Bonchev–Trinajstić information content (AvgIpc) is 2.32. The third-order valence-electron chi connectivity index (χ3n) is 4.98. The van der Waals surface area contributed by atoms with E-state index in [4.69, 9.17) is 15.7 Å². The molecule has 0 aromatic heterocycles. The Hall–Kier alpha value is -1.15. The van der Waals surface area contributed by atoms with E-state index in [-0.39, 0.29) is 10.5 Å². The van der Waals surface area contributed by atoms with Crippen LogP contribution in [-0.4, -0.2) is 11.6 Å². The molecular weight excluding hydrogens is 272 g/mol. The van der Waals surface area contributed by atoms with E-state index in [1.54, 1.807) is 6.92 Å². The quantitative estimate of drug-likeness (QED) is 0.492. The van der Waals surface area contributed by atoms with Crippen molar-refractivity contribution in [3.05, 3.63) is 10.6 Å². The molecule has 4 nitrogen and oxygen atoms in total. The highest BCUT2D eigenvalue weighted by Crippen LogP contribution is 2.57. The van der Waals surface area contributed by atoms with E-state index in [1.165, 1.54) is 19.3 Å². The molecule has 2 N–H and O–H groups in total. The molecule has 0 amide bonds. The molecule has 0 saturated heterocycles. The van der Waals surface area contributed by atoms with Crippen molar-refractivity contribution in [1.82, 2.24) is 0 Å². The molecule has 5 heteroatoms. The van der Waals surface area contributed by atoms with Gasteiger partial charge in [0.15, 0.2) is 0 Å². The van der Waals surface area contributed by atoms with Gasteiger partial charge in [0.1, 0.15) is 15.9 Å². The average molecular weight is 292 g/mol. The van der Waals surface area contributed by atoms with Crippen molar-refractivity contribution < 1.29 is 9.53 Å². The summed E-state index contributed by atoms with van der Waals surface area (Å²) >= 11 is 0.807. The van der Waals surface area contributed by atoms with Crippen LogP contribution in [0.1, 0.15) is 45.4 Å². The molecular formula is C15H20N2O2S. The van der Waals surface area contributed by atoms with Gasteiger partial charge in [0.05, 0.1) is 0 Å². The van der Waals surface area contributed by atoms with Gasteiger partial charge in [-0.05, 0) is 75.0 Å². The first-order valence-electron chi connectivity index (χ1n) is 7.27. The van der Waals surface area contributed by atoms with E-state index in [9.17, 15) is 4.79 Å². The molecule has 0 atom stereocenters. The fourth-order valence-corrected chi connectivity index (χ4v) is 5.11. The van der Waals surface area contributed by atoms with E-state index in [0.29, 0.717) is 5.70 Å². The van der Waals surface area contributed by atoms with Crippen LogP contribution in [0.5, 0.6) is 0 Å². The predicted molar refractivity (Wildman–Crippen MR) is 77.1 cm³/mol. The number of ether oxygens (including phenoxy) is 1. The third-order valence-corrected chi connectivity index (χ3v) is 5.77. The van der Waals surface area contributed by atoms with Crippen LogP contribution in [0.4, 0.5) is 0 Å². The molecule has 4 aliphatic carbocycles. The fraction of sp³-hybridized carbons (Fsp3) is 0.733. The zero-order chi connectivity index (χ0) is 14.3. The Morgan fingerprint density at radius 2 is 1.75 bits per heavy atom. The van der Waals surface area contributed by atoms with E-state index < -0.39 is 5.97 Å². The van der Waals surface area contributed by atoms with Crippen molar-refractivity contribution in [1.29, 1.82) is 5.26 Å². The minimum Gasteiger partial charge on any atom is -0.455 e. The van der Waals surface area contributed by atoms with Gasteiger partial charge in [0, 0.05) is 5.70 Å². The van der Waals surface area contributed by atoms with Crippen molar-refractivity contribution in [3.63, 3.8) is 0 Å². The van der Waals surface area contributed by atoms with Crippen LogP contribution >= 0.6 is 11.8 Å². The van der Waals surface area contributed by atoms with Crippen LogP contribution < -0.4 is 5.73 Å². The number of nitriles is 1. The van der Waals surface area contributed by atoms with Crippen molar-refractivity contribution in [3.8, 4) is 5.40 Å². The standard InChI is InChI=1S/C15H20N2O2S/c1-9(17)13(20-8-16)14(18)19-15-5-10-2-11(6-15)4-12(3-10)7-15/h10-12H,2-7,17H2,1H3/b13-9+. The maximum Gasteiger partial charge on any atom is 0.348 e. The second-order valence-electron chi connectivity index (χ2n) is 6.70. The van der Waals surface area contributed by atoms with Gasteiger partial charge in [-0.3, -0.25) is 0 Å². The normalized spacial score (nSPS) is 39.1. The molecule has 0 heterocycles. The van der Waals surface area contributed by atoms with E-state index in [1.807, 2.05) is 5.40 Å². The lowest BCUT2D eigenvalue weighted by Crippen LogP contribution is -2.52. The number of carbonyl (C=O) groups excluding carboxylic acids is 1. The van der Waals surface area contributed by atoms with Crippen LogP contribution in [0.25, 0.3) is 0 Å². The lowest BCUT2D eigenvalue weighted by Gasteiger charge is -2.55. The van der Waals surface area contributed by atoms with Crippen molar-refractivity contribution in [2.24, 2.45) is 23.5 Å². The molecule has 0 aromatic rings. The summed E-state index contributed by atoms with van der Waals surface area (Å²) < 4.78 is 5.88. The maximum absolute atomic E-state index is 12.3. The lowest BCUT2D eigenvalue weighted by molar-refractivity contribution is -0.181. The molecule has 4 saturated carbocycles. The lowest BCUT2D eigenvalue weighted by atomic mass is 9.54. The van der Waals surface area contributed by atoms with E-state index >= 15 is 0 Å². The van der Waals surface area contributed by atoms with Crippen molar-refractivity contribution in [2.45, 2.75) is 51.0 Å². The zero-order valence-electron chi connectivity index (χ0n) is 11.7. The Morgan fingerprint density at radius 1 is 1.25 bits per heavy atom. The first-order valence-corrected chi connectivity index (χ1v) is 8.08. The van der Waals surface area contributed by atoms with E-state index in [2.05, 4.69) is 0 Å². The topological polar surface area (TPSA) is 76.1 Å². The van der Waals surface area contributed by atoms with Gasteiger partial charge in [0.2, 0.25) is 0 Å². The smallest absolute Gasteiger partial charge is 0.348 e. The number of nitrogens with two attached hydrogens (primary N) is 1. The van der Waals surface area contributed by atoms with Gasteiger partial charge in [-0.1, -0.05) is 0 Å². The second-order valence-corrected chi connectivity index (χ2v) is 7.49. The van der Waals surface area contributed by atoms with Crippen LogP contribution in [0.2, 0.25) is 0 Å². The summed E-state index contributed by atoms with van der Waals surface area (Å²) in [5, 5.41) is 10.7. The van der Waals surface area contributed by atoms with E-state index in [0.717, 1.165) is 48.8 Å². The molecule has 4 fully saturated rings. The monoisotopic (exact) mass is 292 g/mol. The predicted octanol–water partition coefficient (Wildman–Crippen LogP) is 2.90. The highest BCUT2D eigenvalue weighted by Gasteiger charge is 2.53. The number of hydrogen-bond donors (Lipinski definition) is 1. The van der Waals surface area contributed by atoms with Crippen molar-refractivity contribution in [2.75, 3.05) is 0 Å². The Labute approximate surface area is 123 Å². The molecule has 0 aliphatic heterocycles. The highest BCUT2D eigenvalue weighted by molar-refractivity contribution is 8.08. The number of thiocyanates is 1. The van der Waals surface area contributed by atoms with Crippen molar-refractivity contribution >= 4 is 17.7 Å². The zero-order valence-corrected chi connectivity index (χ0v) is 12.5. The van der Waals surface area contributed by atoms with Crippen LogP contribution in [-0.2, 0) is 9.53 Å². The fourth-order valence-electron chi connectivity index (χ4n) is 4.73. The Bertz CT molecular complexity index is 467. The summed E-state index contributed by atoms with van der Waals surface area (Å²) in [6.45, 7) is 1.64. The highest BCUT2D eigenvalue weighted by atomic mass is 32.2. The molecule has 0 aromatic carbocycles. The Balaban J connectivity index is 1.76. The molecule has 0 unspecified atom stereocenters. The first-order chi connectivity index (χ1) is 9.51.